The summed E-state index contributed by atoms with van der Waals surface area (Å²) in [5.74, 6) is 4.45. The molecule has 0 saturated carbocycles. The van der Waals surface area contributed by atoms with E-state index in [1.165, 1.54) is 28.5 Å². The third-order valence-electron chi connectivity index (χ3n) is 7.92. The fourth-order valence-corrected chi connectivity index (χ4v) is 5.64. The van der Waals surface area contributed by atoms with Crippen molar-refractivity contribution in [3.05, 3.63) is 87.1 Å². The first kappa shape index (κ1) is 41.0. The molecule has 1 unspecified atom stereocenters. The zero-order valence-electron chi connectivity index (χ0n) is 28.7. The summed E-state index contributed by atoms with van der Waals surface area (Å²) >= 11 is 0. The van der Waals surface area contributed by atoms with Crippen molar-refractivity contribution in [3.8, 4) is 0 Å². The van der Waals surface area contributed by atoms with Crippen LogP contribution in [-0.2, 0) is 50.2 Å². The lowest BCUT2D eigenvalue weighted by atomic mass is 9.79. The van der Waals surface area contributed by atoms with Crippen molar-refractivity contribution in [2.24, 2.45) is 5.90 Å². The molecule has 4 rings (SSSR count). The number of fused-ring (bicyclic) bond motifs is 1. The van der Waals surface area contributed by atoms with Gasteiger partial charge in [0.2, 0.25) is 0 Å². The van der Waals surface area contributed by atoms with Gasteiger partial charge in [-0.2, -0.15) is 0 Å². The molecule has 0 fully saturated rings. The number of ether oxygens (including phenoxy) is 2. The highest BCUT2D eigenvalue weighted by atomic mass is 16.5. The molecule has 0 bridgehead atoms. The van der Waals surface area contributed by atoms with Gasteiger partial charge in [-0.1, -0.05) is 42.8 Å². The average Bonchev–Trinajstić information content (AvgIpc) is 3.44. The largest absolute Gasteiger partial charge is 0.398 e. The molecule has 8 N–H and O–H groups in total. The number of pyridine rings is 1. The van der Waals surface area contributed by atoms with E-state index < -0.39 is 0 Å². The predicted octanol–water partition coefficient (Wildman–Crippen LogP) is 4.14. The molecular weight excluding hydrogens is 596 g/mol. The molecule has 0 saturated heterocycles. The number of aromatic nitrogens is 1. The van der Waals surface area contributed by atoms with E-state index in [0.717, 1.165) is 73.2 Å². The number of hydrogen-bond donors (Lipinski definition) is 6. The minimum atomic E-state index is -0.00925. The van der Waals surface area contributed by atoms with Gasteiger partial charge in [0, 0.05) is 61.3 Å². The molecule has 0 amide bonds. The monoisotopic (exact) mass is 650 g/mol. The Balaban J connectivity index is 0.000000615. The van der Waals surface area contributed by atoms with Crippen molar-refractivity contribution in [1.82, 2.24) is 10.3 Å². The van der Waals surface area contributed by atoms with Crippen LogP contribution in [0.2, 0.25) is 0 Å². The lowest BCUT2D eigenvalue weighted by molar-refractivity contribution is -0.107. The van der Waals surface area contributed by atoms with Gasteiger partial charge in [-0.15, -0.1) is 0 Å². The zero-order valence-corrected chi connectivity index (χ0v) is 28.7. The molecule has 258 valence electrons. The summed E-state index contributed by atoms with van der Waals surface area (Å²) in [6, 6.07) is 12.7. The van der Waals surface area contributed by atoms with E-state index >= 15 is 0 Å². The van der Waals surface area contributed by atoms with Crippen molar-refractivity contribution in [1.29, 1.82) is 5.41 Å². The normalized spacial score (nSPS) is 14.3. The van der Waals surface area contributed by atoms with Crippen LogP contribution in [0, 0.1) is 19.3 Å². The molecule has 1 heterocycles. The second kappa shape index (κ2) is 22.5. The SMILES string of the molecule is C=O.CNCCOCCOCCCc1cnc(NC)c(C2(C)Cc3ccc(CC=O)cc3C2)c1.Cc1cc(C)c(N)c(C=N)c1.NO. The fourth-order valence-electron chi connectivity index (χ4n) is 5.64. The van der Waals surface area contributed by atoms with Gasteiger partial charge in [0.05, 0.1) is 19.8 Å². The Morgan fingerprint density at radius 3 is 2.32 bits per heavy atom. The topological polar surface area (TPSA) is 186 Å². The average molecular weight is 651 g/mol. The van der Waals surface area contributed by atoms with Gasteiger partial charge in [-0.3, -0.25) is 0 Å². The van der Waals surface area contributed by atoms with Gasteiger partial charge in [-0.05, 0) is 80.5 Å². The van der Waals surface area contributed by atoms with Gasteiger partial charge < -0.3 is 46.0 Å². The van der Waals surface area contributed by atoms with Gasteiger partial charge in [-0.25, -0.2) is 10.9 Å². The number of carbonyl (C=O) groups excluding carboxylic acids is 2. The molecule has 1 aliphatic carbocycles. The Morgan fingerprint density at radius 2 is 1.68 bits per heavy atom. The van der Waals surface area contributed by atoms with Gasteiger partial charge in [0.1, 0.15) is 18.9 Å². The quantitative estimate of drug-likeness (QED) is 0.0459. The third-order valence-corrected chi connectivity index (χ3v) is 7.92. The number of nitrogens with zero attached hydrogens (tertiary/aromatic N) is 1. The third kappa shape index (κ3) is 13.0. The molecule has 11 heteroatoms. The number of rotatable bonds is 15. The number of aryl methyl sites for hydroxylation is 3. The standard InChI is InChI=1S/C26H37N3O3.C9H12N2.CH2O.H3NO/c1-26(17-22-7-6-20(8-10-30)15-23(22)18-26)24-16-21(19-29-25(24)28-3)5-4-11-31-13-14-32-12-9-27-2;1-6-3-7(2)9(11)8(4-6)5-10;2*1-2/h6-7,10,15-16,19,27H,4-5,8-9,11-14,17-18H2,1-3H3,(H,28,29);3-5,10H,11H2,1-2H3;1H2;2H,1H2. The molecule has 0 aliphatic heterocycles. The number of anilines is 2. The van der Waals surface area contributed by atoms with Crippen LogP contribution in [0.15, 0.2) is 42.6 Å². The lowest BCUT2D eigenvalue weighted by Crippen LogP contribution is -2.24. The van der Waals surface area contributed by atoms with Crippen molar-refractivity contribution >= 4 is 30.8 Å². The van der Waals surface area contributed by atoms with Crippen LogP contribution in [0.5, 0.6) is 0 Å². The van der Waals surface area contributed by atoms with E-state index in [-0.39, 0.29) is 5.41 Å². The number of hydrogen-bond acceptors (Lipinski definition) is 11. The van der Waals surface area contributed by atoms with Crippen LogP contribution in [-0.4, -0.2) is 76.5 Å². The molecule has 0 radical (unpaired) electrons. The van der Waals surface area contributed by atoms with E-state index in [2.05, 4.69) is 47.7 Å². The van der Waals surface area contributed by atoms with Crippen molar-refractivity contribution < 1.29 is 24.3 Å². The van der Waals surface area contributed by atoms with Crippen LogP contribution < -0.4 is 22.3 Å². The Labute approximate surface area is 279 Å². The smallest absolute Gasteiger partial charge is 0.129 e. The van der Waals surface area contributed by atoms with Crippen LogP contribution in [0.1, 0.15) is 57.9 Å². The second-order valence-electron chi connectivity index (χ2n) is 11.5. The van der Waals surface area contributed by atoms with Crippen molar-refractivity contribution in [2.75, 3.05) is 58.1 Å². The Hall–Kier alpha value is -4.00. The maximum absolute atomic E-state index is 10.9. The summed E-state index contributed by atoms with van der Waals surface area (Å²) in [5, 5.41) is 19.9. The maximum atomic E-state index is 10.9. The number of aldehydes is 1. The Kier molecular flexibility index (Phi) is 19.7. The highest BCUT2D eigenvalue weighted by molar-refractivity contribution is 5.86. The molecule has 1 aromatic heterocycles. The zero-order chi connectivity index (χ0) is 35.2. The second-order valence-corrected chi connectivity index (χ2v) is 11.5. The number of benzene rings is 2. The molecule has 47 heavy (non-hydrogen) atoms. The first-order valence-electron chi connectivity index (χ1n) is 15.7. The highest BCUT2D eigenvalue weighted by Crippen LogP contribution is 2.42. The lowest BCUT2D eigenvalue weighted by Gasteiger charge is -2.27. The fraction of sp³-hybridized carbons (Fsp3) is 0.444. The van der Waals surface area contributed by atoms with E-state index in [1.807, 2.05) is 53.1 Å². The Bertz CT molecular complexity index is 1390. The maximum Gasteiger partial charge on any atom is 0.129 e. The minimum Gasteiger partial charge on any atom is -0.398 e. The van der Waals surface area contributed by atoms with E-state index in [1.54, 1.807) is 0 Å². The predicted molar refractivity (Wildman–Crippen MR) is 190 cm³/mol. The first-order chi connectivity index (χ1) is 22.7. The molecule has 1 atom stereocenters. The van der Waals surface area contributed by atoms with Gasteiger partial charge in [0.15, 0.2) is 0 Å². The number of likely N-dealkylation sites (N-methyl/N-ethyl adjacent to an activating group) is 1. The molecule has 11 nitrogen and oxygen atoms in total. The van der Waals surface area contributed by atoms with Crippen LogP contribution >= 0.6 is 0 Å². The summed E-state index contributed by atoms with van der Waals surface area (Å²) in [6.07, 6.45) is 8.57. The minimum absolute atomic E-state index is 0.00925. The van der Waals surface area contributed by atoms with Crippen molar-refractivity contribution in [3.63, 3.8) is 0 Å². The van der Waals surface area contributed by atoms with E-state index in [4.69, 9.17) is 35.6 Å². The molecular formula is C36H54N6O5. The number of carbonyl (C=O) groups is 2. The molecule has 1 aliphatic rings. The van der Waals surface area contributed by atoms with Crippen molar-refractivity contribution in [2.45, 2.75) is 58.3 Å². The summed E-state index contributed by atoms with van der Waals surface area (Å²) in [6.45, 7) is 11.8. The van der Waals surface area contributed by atoms with Crippen LogP contribution in [0.25, 0.3) is 0 Å². The van der Waals surface area contributed by atoms with E-state index in [9.17, 15) is 4.79 Å². The van der Waals surface area contributed by atoms with Gasteiger partial charge in [0.25, 0.3) is 0 Å². The summed E-state index contributed by atoms with van der Waals surface area (Å²) in [4.78, 5) is 23.6. The van der Waals surface area contributed by atoms with Gasteiger partial charge >= 0.3 is 0 Å². The molecule has 3 aromatic rings. The number of nitrogens with one attached hydrogen (secondary N) is 3. The number of nitrogens with two attached hydrogens (primary N) is 2. The summed E-state index contributed by atoms with van der Waals surface area (Å²) in [5.41, 5.74) is 15.7. The van der Waals surface area contributed by atoms with E-state index in [0.29, 0.717) is 31.9 Å². The highest BCUT2D eigenvalue weighted by Gasteiger charge is 2.36. The summed E-state index contributed by atoms with van der Waals surface area (Å²) in [7, 11) is 3.85. The number of nitrogen functional groups attached to an aromatic ring is 1. The Morgan fingerprint density at radius 1 is 1.00 bits per heavy atom. The van der Waals surface area contributed by atoms with Crippen LogP contribution in [0.3, 0.4) is 0 Å². The molecule has 2 aromatic carbocycles. The molecule has 0 spiro atoms. The summed E-state index contributed by atoms with van der Waals surface area (Å²) < 4.78 is 11.2. The first-order valence-corrected chi connectivity index (χ1v) is 15.7. The van der Waals surface area contributed by atoms with Crippen LogP contribution in [0.4, 0.5) is 11.5 Å².